The van der Waals surface area contributed by atoms with E-state index in [9.17, 15) is 14.3 Å². The number of hydrogen-bond acceptors (Lipinski definition) is 4. The molecule has 0 aromatic heterocycles. The Hall–Kier alpha value is -1.62. The number of guanidine groups is 1. The zero-order valence-electron chi connectivity index (χ0n) is 18.2. The number of aliphatic hydroxyl groups excluding tert-OH is 1. The van der Waals surface area contributed by atoms with Gasteiger partial charge in [-0.15, -0.1) is 24.0 Å². The van der Waals surface area contributed by atoms with Gasteiger partial charge in [-0.2, -0.15) is 0 Å². The van der Waals surface area contributed by atoms with E-state index in [1.165, 1.54) is 12.1 Å². The maximum absolute atomic E-state index is 13.1. The SMILES string of the molecule is CCNC(=NCCC(=O)N1CCN(c2ccc(F)cc2)CC1)NC1CCC(O)CC1.I. The van der Waals surface area contributed by atoms with E-state index >= 15 is 0 Å². The van der Waals surface area contributed by atoms with Gasteiger partial charge in [0.1, 0.15) is 5.82 Å². The highest BCUT2D eigenvalue weighted by Crippen LogP contribution is 2.18. The average Bonchev–Trinajstić information content (AvgIpc) is 2.76. The van der Waals surface area contributed by atoms with Crippen LogP contribution in [-0.4, -0.2) is 73.3 Å². The summed E-state index contributed by atoms with van der Waals surface area (Å²) in [5, 5.41) is 16.3. The van der Waals surface area contributed by atoms with E-state index in [0.717, 1.165) is 57.0 Å². The number of nitrogens with one attached hydrogen (secondary N) is 2. The highest BCUT2D eigenvalue weighted by atomic mass is 127. The van der Waals surface area contributed by atoms with Crippen molar-refractivity contribution in [2.75, 3.05) is 44.2 Å². The fraction of sp³-hybridized carbons (Fsp3) is 0.636. The third-order valence-corrected chi connectivity index (χ3v) is 5.80. The number of aliphatic hydroxyl groups is 1. The van der Waals surface area contributed by atoms with Gasteiger partial charge in [0.25, 0.3) is 0 Å². The third-order valence-electron chi connectivity index (χ3n) is 5.80. The lowest BCUT2D eigenvalue weighted by molar-refractivity contribution is -0.131. The molecule has 1 saturated carbocycles. The molecule has 1 aromatic rings. The van der Waals surface area contributed by atoms with Crippen molar-refractivity contribution in [1.29, 1.82) is 0 Å². The van der Waals surface area contributed by atoms with E-state index in [2.05, 4.69) is 20.5 Å². The van der Waals surface area contributed by atoms with Crippen molar-refractivity contribution in [2.24, 2.45) is 4.99 Å². The maximum Gasteiger partial charge on any atom is 0.224 e. The molecule has 0 spiro atoms. The molecule has 1 saturated heterocycles. The number of aliphatic imine (C=N–C) groups is 1. The number of carbonyl (C=O) groups excluding carboxylic acids is 1. The smallest absolute Gasteiger partial charge is 0.224 e. The van der Waals surface area contributed by atoms with Crippen molar-refractivity contribution >= 4 is 41.5 Å². The summed E-state index contributed by atoms with van der Waals surface area (Å²) in [6.07, 6.45) is 3.71. The first-order valence-electron chi connectivity index (χ1n) is 11.1. The summed E-state index contributed by atoms with van der Waals surface area (Å²) in [7, 11) is 0. The van der Waals surface area contributed by atoms with Crippen LogP contribution in [0.25, 0.3) is 0 Å². The summed E-state index contributed by atoms with van der Waals surface area (Å²) in [5.74, 6) is 0.627. The molecule has 0 unspecified atom stereocenters. The molecule has 1 heterocycles. The lowest BCUT2D eigenvalue weighted by atomic mass is 9.93. The van der Waals surface area contributed by atoms with Crippen molar-refractivity contribution in [3.05, 3.63) is 30.1 Å². The summed E-state index contributed by atoms with van der Waals surface area (Å²) in [6.45, 7) is 6.07. The summed E-state index contributed by atoms with van der Waals surface area (Å²) in [5.41, 5.74) is 0.990. The molecule has 2 fully saturated rings. The zero-order valence-corrected chi connectivity index (χ0v) is 20.6. The second-order valence-corrected chi connectivity index (χ2v) is 8.00. The van der Waals surface area contributed by atoms with Crippen molar-refractivity contribution < 1.29 is 14.3 Å². The van der Waals surface area contributed by atoms with Crippen LogP contribution >= 0.6 is 24.0 Å². The van der Waals surface area contributed by atoms with Crippen LogP contribution in [0.5, 0.6) is 0 Å². The Labute approximate surface area is 201 Å². The molecule has 9 heteroatoms. The van der Waals surface area contributed by atoms with Gasteiger partial charge in [-0.05, 0) is 56.9 Å². The minimum Gasteiger partial charge on any atom is -0.393 e. The molecule has 1 aliphatic carbocycles. The van der Waals surface area contributed by atoms with E-state index in [-0.39, 0.29) is 41.8 Å². The molecule has 3 N–H and O–H groups in total. The fourth-order valence-corrected chi connectivity index (χ4v) is 4.02. The lowest BCUT2D eigenvalue weighted by Crippen LogP contribution is -2.49. The Morgan fingerprint density at radius 2 is 1.77 bits per heavy atom. The molecule has 1 amide bonds. The molecule has 2 aliphatic rings. The lowest BCUT2D eigenvalue weighted by Gasteiger charge is -2.36. The molecule has 1 aliphatic heterocycles. The first-order chi connectivity index (χ1) is 14.5. The molecule has 7 nitrogen and oxygen atoms in total. The number of amides is 1. The Morgan fingerprint density at radius 1 is 1.13 bits per heavy atom. The minimum atomic E-state index is -0.236. The van der Waals surface area contributed by atoms with Gasteiger partial charge in [0.2, 0.25) is 5.91 Å². The Morgan fingerprint density at radius 3 is 2.39 bits per heavy atom. The molecule has 3 rings (SSSR count). The van der Waals surface area contributed by atoms with Crippen LogP contribution in [0.1, 0.15) is 39.0 Å². The van der Waals surface area contributed by atoms with Gasteiger partial charge in [0.15, 0.2) is 5.96 Å². The number of piperazine rings is 1. The topological polar surface area (TPSA) is 80.2 Å². The van der Waals surface area contributed by atoms with Crippen molar-refractivity contribution in [1.82, 2.24) is 15.5 Å². The molecule has 31 heavy (non-hydrogen) atoms. The Balaban J connectivity index is 0.00000341. The van der Waals surface area contributed by atoms with Gasteiger partial charge in [0, 0.05) is 50.9 Å². The number of rotatable bonds is 6. The van der Waals surface area contributed by atoms with Crippen LogP contribution in [0.2, 0.25) is 0 Å². The normalized spacial score (nSPS) is 22.0. The second-order valence-electron chi connectivity index (χ2n) is 8.00. The van der Waals surface area contributed by atoms with Crippen LogP contribution in [0.4, 0.5) is 10.1 Å². The standard InChI is InChI=1S/C22H34FN5O2.HI/c1-2-24-22(26-18-5-9-20(29)10-6-18)25-12-11-21(30)28-15-13-27(14-16-28)19-7-3-17(23)4-8-19;/h3-4,7-8,18,20,29H,2,5-6,9-16H2,1H3,(H2,24,25,26);1H. The van der Waals surface area contributed by atoms with E-state index in [4.69, 9.17) is 0 Å². The fourth-order valence-electron chi connectivity index (χ4n) is 4.02. The van der Waals surface area contributed by atoms with Crippen molar-refractivity contribution in [3.63, 3.8) is 0 Å². The van der Waals surface area contributed by atoms with Crippen molar-refractivity contribution in [2.45, 2.75) is 51.2 Å². The number of nitrogens with zero attached hydrogens (tertiary/aromatic N) is 3. The van der Waals surface area contributed by atoms with E-state index < -0.39 is 0 Å². The maximum atomic E-state index is 13.1. The number of anilines is 1. The van der Waals surface area contributed by atoms with Gasteiger partial charge in [-0.3, -0.25) is 9.79 Å². The third kappa shape index (κ3) is 8.10. The van der Waals surface area contributed by atoms with Crippen LogP contribution < -0.4 is 15.5 Å². The number of carbonyl (C=O) groups is 1. The van der Waals surface area contributed by atoms with E-state index in [0.29, 0.717) is 32.1 Å². The van der Waals surface area contributed by atoms with Gasteiger partial charge in [-0.1, -0.05) is 0 Å². The first-order valence-corrected chi connectivity index (χ1v) is 11.1. The predicted molar refractivity (Wildman–Crippen MR) is 133 cm³/mol. The largest absolute Gasteiger partial charge is 0.393 e. The predicted octanol–water partition coefficient (Wildman–Crippen LogP) is 2.34. The van der Waals surface area contributed by atoms with Gasteiger partial charge >= 0.3 is 0 Å². The van der Waals surface area contributed by atoms with Gasteiger partial charge in [-0.25, -0.2) is 4.39 Å². The Bertz CT molecular complexity index is 702. The zero-order chi connectivity index (χ0) is 21.3. The molecular formula is C22H35FIN5O2. The minimum absolute atomic E-state index is 0. The quantitative estimate of drug-likeness (QED) is 0.290. The summed E-state index contributed by atoms with van der Waals surface area (Å²) >= 11 is 0. The molecule has 0 bridgehead atoms. The van der Waals surface area contributed by atoms with E-state index in [1.807, 2.05) is 11.8 Å². The van der Waals surface area contributed by atoms with E-state index in [1.54, 1.807) is 12.1 Å². The molecule has 0 atom stereocenters. The van der Waals surface area contributed by atoms with Crippen LogP contribution in [-0.2, 0) is 4.79 Å². The summed E-state index contributed by atoms with van der Waals surface area (Å²) in [4.78, 5) is 21.2. The molecular weight excluding hydrogens is 512 g/mol. The van der Waals surface area contributed by atoms with Crippen LogP contribution in [0, 0.1) is 5.82 Å². The average molecular weight is 547 g/mol. The molecule has 174 valence electrons. The number of hydrogen-bond donors (Lipinski definition) is 3. The summed E-state index contributed by atoms with van der Waals surface area (Å²) < 4.78 is 13.1. The highest BCUT2D eigenvalue weighted by molar-refractivity contribution is 14.0. The van der Waals surface area contributed by atoms with Crippen molar-refractivity contribution in [3.8, 4) is 0 Å². The van der Waals surface area contributed by atoms with Crippen LogP contribution in [0.3, 0.4) is 0 Å². The second kappa shape index (κ2) is 13.0. The summed E-state index contributed by atoms with van der Waals surface area (Å²) in [6, 6.07) is 6.82. The highest BCUT2D eigenvalue weighted by Gasteiger charge is 2.22. The number of halogens is 2. The first kappa shape index (κ1) is 25.6. The Kier molecular flexibility index (Phi) is 10.8. The molecule has 1 aromatic carbocycles. The van der Waals surface area contributed by atoms with Gasteiger partial charge in [0.05, 0.1) is 12.6 Å². The number of benzene rings is 1. The molecule has 0 radical (unpaired) electrons. The van der Waals surface area contributed by atoms with Crippen LogP contribution in [0.15, 0.2) is 29.3 Å². The monoisotopic (exact) mass is 547 g/mol. The van der Waals surface area contributed by atoms with Gasteiger partial charge < -0.3 is 25.5 Å².